The van der Waals surface area contributed by atoms with Gasteiger partial charge < -0.3 is 15.0 Å². The maximum atomic E-state index is 13.3. The van der Waals surface area contributed by atoms with Crippen molar-refractivity contribution in [2.75, 3.05) is 37.7 Å². The van der Waals surface area contributed by atoms with Crippen molar-refractivity contribution in [3.8, 4) is 22.4 Å². The standard InChI is InChI=1S/C27H29FN8O2/c28-22-3-1-19(2-4-22)25-5-6-26(37)36(33-25)18-24-17-34(11-12-38-24)27-30-13-20(14-31-27)21-15-32-35(16-21)23-7-9-29-10-8-23/h1-6,13-16,23-24,29H,7-12,17-18H2. The number of morpholine rings is 1. The molecule has 0 aliphatic carbocycles. The van der Waals surface area contributed by atoms with Gasteiger partial charge in [0.25, 0.3) is 5.56 Å². The van der Waals surface area contributed by atoms with E-state index in [4.69, 9.17) is 4.74 Å². The van der Waals surface area contributed by atoms with Crippen molar-refractivity contribution >= 4 is 5.95 Å². The van der Waals surface area contributed by atoms with Gasteiger partial charge in [0.05, 0.1) is 37.2 Å². The monoisotopic (exact) mass is 516 g/mol. The number of benzene rings is 1. The van der Waals surface area contributed by atoms with E-state index in [0.717, 1.165) is 42.6 Å². The molecule has 196 valence electrons. The highest BCUT2D eigenvalue weighted by molar-refractivity contribution is 5.60. The molecule has 2 saturated heterocycles. The Balaban J connectivity index is 1.12. The van der Waals surface area contributed by atoms with Gasteiger partial charge in [-0.3, -0.25) is 9.48 Å². The van der Waals surface area contributed by atoms with Gasteiger partial charge in [-0.2, -0.15) is 10.2 Å². The minimum absolute atomic E-state index is 0.220. The first-order chi connectivity index (χ1) is 18.6. The molecule has 0 bridgehead atoms. The minimum atomic E-state index is -0.319. The Morgan fingerprint density at radius 3 is 2.55 bits per heavy atom. The van der Waals surface area contributed by atoms with Crippen LogP contribution in [0.25, 0.3) is 22.4 Å². The lowest BCUT2D eigenvalue weighted by atomic mass is 10.1. The smallest absolute Gasteiger partial charge is 0.266 e. The zero-order valence-electron chi connectivity index (χ0n) is 20.9. The van der Waals surface area contributed by atoms with Crippen LogP contribution in [0.3, 0.4) is 0 Å². The number of aromatic nitrogens is 6. The van der Waals surface area contributed by atoms with E-state index in [9.17, 15) is 9.18 Å². The number of rotatable bonds is 6. The Kier molecular flexibility index (Phi) is 6.93. The van der Waals surface area contributed by atoms with E-state index in [1.807, 2.05) is 18.6 Å². The SMILES string of the molecule is O=c1ccc(-c2ccc(F)cc2)nn1CC1CN(c2ncc(-c3cnn(C4CCNCC4)c3)cn2)CCO1. The van der Waals surface area contributed by atoms with Gasteiger partial charge in [-0.15, -0.1) is 0 Å². The quantitative estimate of drug-likeness (QED) is 0.417. The van der Waals surface area contributed by atoms with Crippen molar-refractivity contribution in [2.24, 2.45) is 0 Å². The van der Waals surface area contributed by atoms with Gasteiger partial charge >= 0.3 is 0 Å². The van der Waals surface area contributed by atoms with E-state index in [-0.39, 0.29) is 17.5 Å². The molecule has 0 radical (unpaired) electrons. The normalized spacial score (nSPS) is 18.6. The van der Waals surface area contributed by atoms with E-state index in [1.54, 1.807) is 18.2 Å². The van der Waals surface area contributed by atoms with Gasteiger partial charge in [-0.25, -0.2) is 19.0 Å². The Morgan fingerprint density at radius 1 is 0.974 bits per heavy atom. The molecule has 6 rings (SSSR count). The lowest BCUT2D eigenvalue weighted by molar-refractivity contribution is 0.0260. The van der Waals surface area contributed by atoms with Gasteiger partial charge in [-0.05, 0) is 56.3 Å². The van der Waals surface area contributed by atoms with Crippen molar-refractivity contribution in [1.29, 1.82) is 0 Å². The van der Waals surface area contributed by atoms with Crippen molar-refractivity contribution in [2.45, 2.75) is 31.5 Å². The summed E-state index contributed by atoms with van der Waals surface area (Å²) in [6, 6.07) is 9.58. The van der Waals surface area contributed by atoms with Crippen LogP contribution in [0.1, 0.15) is 18.9 Å². The fraction of sp³-hybridized carbons (Fsp3) is 0.370. The summed E-state index contributed by atoms with van der Waals surface area (Å²) in [5, 5.41) is 12.4. The molecule has 4 aromatic rings. The van der Waals surface area contributed by atoms with Gasteiger partial charge in [0.1, 0.15) is 5.82 Å². The second-order valence-corrected chi connectivity index (χ2v) is 9.65. The van der Waals surface area contributed by atoms with Crippen LogP contribution >= 0.6 is 0 Å². The zero-order chi connectivity index (χ0) is 25.9. The molecular weight excluding hydrogens is 487 g/mol. The molecular formula is C27H29FN8O2. The summed E-state index contributed by atoms with van der Waals surface area (Å²) in [4.78, 5) is 23.8. The van der Waals surface area contributed by atoms with Crippen molar-refractivity contribution in [1.82, 2.24) is 34.8 Å². The Hall–Kier alpha value is -3.96. The minimum Gasteiger partial charge on any atom is -0.373 e. The largest absolute Gasteiger partial charge is 0.373 e. The first-order valence-corrected chi connectivity index (χ1v) is 12.9. The van der Waals surface area contributed by atoms with Gasteiger partial charge in [0.15, 0.2) is 0 Å². The lowest BCUT2D eigenvalue weighted by Crippen LogP contribution is -2.46. The molecule has 5 heterocycles. The number of piperidine rings is 1. The van der Waals surface area contributed by atoms with E-state index in [1.165, 1.54) is 22.9 Å². The fourth-order valence-electron chi connectivity index (χ4n) is 4.95. The third-order valence-corrected chi connectivity index (χ3v) is 7.06. The molecule has 0 amide bonds. The third-order valence-electron chi connectivity index (χ3n) is 7.06. The Morgan fingerprint density at radius 2 is 1.76 bits per heavy atom. The van der Waals surface area contributed by atoms with Crippen LogP contribution in [-0.2, 0) is 11.3 Å². The van der Waals surface area contributed by atoms with Crippen LogP contribution in [0, 0.1) is 5.82 Å². The molecule has 2 aliphatic heterocycles. The summed E-state index contributed by atoms with van der Waals surface area (Å²) < 4.78 is 22.7. The summed E-state index contributed by atoms with van der Waals surface area (Å²) in [6.07, 6.45) is 9.49. The molecule has 0 spiro atoms. The van der Waals surface area contributed by atoms with Crippen LogP contribution < -0.4 is 15.8 Å². The van der Waals surface area contributed by atoms with E-state index in [2.05, 4.69) is 41.3 Å². The maximum absolute atomic E-state index is 13.3. The Bertz CT molecular complexity index is 1430. The molecule has 1 aromatic carbocycles. The number of hydrogen-bond acceptors (Lipinski definition) is 8. The molecule has 10 nitrogen and oxygen atoms in total. The van der Waals surface area contributed by atoms with Crippen molar-refractivity contribution in [3.05, 3.63) is 77.4 Å². The van der Waals surface area contributed by atoms with Crippen LogP contribution in [0.5, 0.6) is 0 Å². The van der Waals surface area contributed by atoms with Crippen LogP contribution in [0.15, 0.2) is 66.0 Å². The summed E-state index contributed by atoms with van der Waals surface area (Å²) in [6.45, 7) is 4.00. The summed E-state index contributed by atoms with van der Waals surface area (Å²) >= 11 is 0. The summed E-state index contributed by atoms with van der Waals surface area (Å²) in [5.41, 5.74) is 3.04. The average Bonchev–Trinajstić information content (AvgIpc) is 3.46. The molecule has 11 heteroatoms. The molecule has 0 saturated carbocycles. The topological polar surface area (TPSA) is 103 Å². The predicted molar refractivity (Wildman–Crippen MR) is 140 cm³/mol. The van der Waals surface area contributed by atoms with Gasteiger partial charge in [0, 0.05) is 54.4 Å². The van der Waals surface area contributed by atoms with E-state index < -0.39 is 0 Å². The number of nitrogens with one attached hydrogen (secondary N) is 1. The summed E-state index contributed by atoms with van der Waals surface area (Å²) in [7, 11) is 0. The second kappa shape index (κ2) is 10.8. The molecule has 1 atom stereocenters. The van der Waals surface area contributed by atoms with Crippen LogP contribution in [-0.4, -0.2) is 68.4 Å². The highest BCUT2D eigenvalue weighted by Gasteiger charge is 2.24. The van der Waals surface area contributed by atoms with Crippen LogP contribution in [0.2, 0.25) is 0 Å². The van der Waals surface area contributed by atoms with E-state index in [0.29, 0.717) is 43.9 Å². The van der Waals surface area contributed by atoms with Gasteiger partial charge in [-0.1, -0.05) is 0 Å². The van der Waals surface area contributed by atoms with Gasteiger partial charge in [0.2, 0.25) is 5.95 Å². The average molecular weight is 517 g/mol. The zero-order valence-corrected chi connectivity index (χ0v) is 20.9. The first kappa shape index (κ1) is 24.4. The lowest BCUT2D eigenvalue weighted by Gasteiger charge is -2.33. The highest BCUT2D eigenvalue weighted by atomic mass is 19.1. The molecule has 2 fully saturated rings. The molecule has 38 heavy (non-hydrogen) atoms. The van der Waals surface area contributed by atoms with E-state index >= 15 is 0 Å². The molecule has 2 aliphatic rings. The predicted octanol–water partition coefficient (Wildman–Crippen LogP) is 2.53. The number of ether oxygens (including phenoxy) is 1. The molecule has 1 unspecified atom stereocenters. The number of anilines is 1. The Labute approximate surface area is 219 Å². The number of hydrogen-bond donors (Lipinski definition) is 1. The third kappa shape index (κ3) is 5.34. The number of nitrogens with zero attached hydrogens (tertiary/aromatic N) is 7. The van der Waals surface area contributed by atoms with Crippen molar-refractivity contribution < 1.29 is 9.13 Å². The second-order valence-electron chi connectivity index (χ2n) is 9.65. The fourth-order valence-corrected chi connectivity index (χ4v) is 4.95. The molecule has 1 N–H and O–H groups in total. The van der Waals surface area contributed by atoms with Crippen LogP contribution in [0.4, 0.5) is 10.3 Å². The number of halogens is 1. The first-order valence-electron chi connectivity index (χ1n) is 12.9. The maximum Gasteiger partial charge on any atom is 0.266 e. The highest BCUT2D eigenvalue weighted by Crippen LogP contribution is 2.24. The van der Waals surface area contributed by atoms with Crippen molar-refractivity contribution in [3.63, 3.8) is 0 Å². The summed E-state index contributed by atoms with van der Waals surface area (Å²) in [5.74, 6) is 0.300. The molecule has 3 aromatic heterocycles.